The molecular weight excluding hydrogens is 200 g/mol. The molecule has 14 heavy (non-hydrogen) atoms. The van der Waals surface area contributed by atoms with Gasteiger partial charge in [-0.25, -0.2) is 0 Å². The number of halogens is 1. The molecule has 1 atom stereocenters. The van der Waals surface area contributed by atoms with E-state index in [0.717, 1.165) is 11.1 Å². The Labute approximate surface area is 91.5 Å². The van der Waals surface area contributed by atoms with Gasteiger partial charge in [0, 0.05) is 13.1 Å². The van der Waals surface area contributed by atoms with Crippen LogP contribution in [0, 0.1) is 0 Å². The predicted octanol–water partition coefficient (Wildman–Crippen LogP) is 1.20. The molecule has 0 amide bonds. The summed E-state index contributed by atoms with van der Waals surface area (Å²) in [5, 5.41) is 9.34. The number of benzene rings is 1. The van der Waals surface area contributed by atoms with Gasteiger partial charge >= 0.3 is 0 Å². The molecule has 0 spiro atoms. The van der Waals surface area contributed by atoms with E-state index in [1.807, 2.05) is 24.3 Å². The van der Waals surface area contributed by atoms with Gasteiger partial charge in [0.2, 0.25) is 0 Å². The summed E-state index contributed by atoms with van der Waals surface area (Å²) in [5.41, 5.74) is 12.6. The molecule has 0 aliphatic carbocycles. The Kier molecular flexibility index (Phi) is 8.79. The molecule has 0 bridgehead atoms. The van der Waals surface area contributed by atoms with Crippen molar-refractivity contribution in [1.82, 2.24) is 0 Å². The number of aliphatic hydroxyl groups excluding tert-OH is 1. The van der Waals surface area contributed by atoms with Crippen LogP contribution in [0.1, 0.15) is 24.7 Å². The number of nitrogens with two attached hydrogens (primary N) is 2. The van der Waals surface area contributed by atoms with E-state index in [1.54, 1.807) is 0 Å². The topological polar surface area (TPSA) is 72.3 Å². The Morgan fingerprint density at radius 3 is 2.00 bits per heavy atom. The van der Waals surface area contributed by atoms with Crippen LogP contribution >= 0.6 is 12.4 Å². The van der Waals surface area contributed by atoms with Crippen molar-refractivity contribution in [2.24, 2.45) is 11.5 Å². The fourth-order valence-electron chi connectivity index (χ4n) is 1.01. The molecule has 0 saturated carbocycles. The minimum atomic E-state index is -0.558. The molecule has 4 heteroatoms. The minimum absolute atomic E-state index is 0. The molecule has 1 aromatic rings. The van der Waals surface area contributed by atoms with Crippen LogP contribution in [0.25, 0.3) is 0 Å². The van der Waals surface area contributed by atoms with Crippen LogP contribution < -0.4 is 11.5 Å². The number of hydrogen-bond donors (Lipinski definition) is 3. The zero-order chi connectivity index (χ0) is 8.97. The first-order valence-electron chi connectivity index (χ1n) is 3.95. The van der Waals surface area contributed by atoms with Gasteiger partial charge in [0.1, 0.15) is 0 Å². The molecule has 1 unspecified atom stereocenters. The van der Waals surface area contributed by atoms with Gasteiger partial charge in [-0.3, -0.25) is 0 Å². The van der Waals surface area contributed by atoms with Gasteiger partial charge in [-0.05, 0) is 11.1 Å². The van der Waals surface area contributed by atoms with Crippen molar-refractivity contribution in [1.29, 1.82) is 0 Å². The molecule has 3 nitrogen and oxygen atoms in total. The average Bonchev–Trinajstić information content (AvgIpc) is 2.17. The van der Waals surface area contributed by atoms with Gasteiger partial charge in [0.05, 0.1) is 6.10 Å². The molecular formula is C10H19ClN2O. The molecule has 0 aromatic heterocycles. The predicted molar refractivity (Wildman–Crippen MR) is 62.3 cm³/mol. The Bertz CT molecular complexity index is 238. The van der Waals surface area contributed by atoms with E-state index in [0.29, 0.717) is 6.54 Å². The Morgan fingerprint density at radius 1 is 1.14 bits per heavy atom. The minimum Gasteiger partial charge on any atom is -0.387 e. The Hall–Kier alpha value is -0.610. The quantitative estimate of drug-likeness (QED) is 0.714. The smallest absolute Gasteiger partial charge is 0.0912 e. The summed E-state index contributed by atoms with van der Waals surface area (Å²) in [6.07, 6.45) is -0.558. The molecule has 5 N–H and O–H groups in total. The zero-order valence-corrected chi connectivity index (χ0v) is 8.13. The second-order valence-electron chi connectivity index (χ2n) is 2.70. The molecule has 82 valence electrons. The fraction of sp³-hybridized carbons (Fsp3) is 0.400. The molecule has 0 aliphatic rings. The van der Waals surface area contributed by atoms with E-state index < -0.39 is 6.10 Å². The summed E-state index contributed by atoms with van der Waals surface area (Å²) < 4.78 is 0. The second-order valence-corrected chi connectivity index (χ2v) is 2.70. The van der Waals surface area contributed by atoms with Gasteiger partial charge in [-0.1, -0.05) is 31.7 Å². The van der Waals surface area contributed by atoms with Crippen molar-refractivity contribution < 1.29 is 5.11 Å². The van der Waals surface area contributed by atoms with E-state index in [2.05, 4.69) is 0 Å². The molecule has 0 fully saturated rings. The van der Waals surface area contributed by atoms with Crippen molar-refractivity contribution >= 4 is 12.4 Å². The van der Waals surface area contributed by atoms with Gasteiger partial charge in [-0.2, -0.15) is 0 Å². The van der Waals surface area contributed by atoms with Crippen molar-refractivity contribution in [3.05, 3.63) is 35.4 Å². The number of rotatable bonds is 3. The van der Waals surface area contributed by atoms with Crippen LogP contribution in [-0.2, 0) is 6.54 Å². The summed E-state index contributed by atoms with van der Waals surface area (Å²) in [6, 6.07) is 7.49. The lowest BCUT2D eigenvalue weighted by atomic mass is 10.1. The van der Waals surface area contributed by atoms with Crippen LogP contribution in [0.15, 0.2) is 24.3 Å². The van der Waals surface area contributed by atoms with E-state index >= 15 is 0 Å². The van der Waals surface area contributed by atoms with Crippen LogP contribution in [0.4, 0.5) is 0 Å². The molecule has 0 radical (unpaired) electrons. The van der Waals surface area contributed by atoms with Gasteiger partial charge in [0.25, 0.3) is 0 Å². The third kappa shape index (κ3) is 4.07. The first-order valence-corrected chi connectivity index (χ1v) is 3.95. The third-order valence-corrected chi connectivity index (χ3v) is 1.82. The van der Waals surface area contributed by atoms with Gasteiger partial charge in [0.15, 0.2) is 0 Å². The van der Waals surface area contributed by atoms with E-state index in [9.17, 15) is 5.11 Å². The fourth-order valence-corrected chi connectivity index (χ4v) is 1.01. The van der Waals surface area contributed by atoms with Crippen LogP contribution in [0.2, 0.25) is 0 Å². The third-order valence-electron chi connectivity index (χ3n) is 1.82. The Morgan fingerprint density at radius 2 is 1.64 bits per heavy atom. The van der Waals surface area contributed by atoms with Crippen LogP contribution in [-0.4, -0.2) is 11.7 Å². The molecule has 1 aromatic carbocycles. The molecule has 0 heterocycles. The van der Waals surface area contributed by atoms with Crippen LogP contribution in [0.3, 0.4) is 0 Å². The van der Waals surface area contributed by atoms with Crippen LogP contribution in [0.5, 0.6) is 0 Å². The van der Waals surface area contributed by atoms with E-state index in [-0.39, 0.29) is 26.4 Å². The van der Waals surface area contributed by atoms with Gasteiger partial charge < -0.3 is 16.6 Å². The van der Waals surface area contributed by atoms with E-state index in [4.69, 9.17) is 11.5 Å². The SMILES string of the molecule is C.Cl.NCc1ccc(C(O)CN)cc1. The van der Waals surface area contributed by atoms with Crippen molar-refractivity contribution in [3.63, 3.8) is 0 Å². The number of hydrogen-bond acceptors (Lipinski definition) is 3. The Balaban J connectivity index is 0. The second kappa shape index (κ2) is 7.76. The monoisotopic (exact) mass is 218 g/mol. The highest BCUT2D eigenvalue weighted by Gasteiger charge is 2.03. The van der Waals surface area contributed by atoms with E-state index in [1.165, 1.54) is 0 Å². The largest absolute Gasteiger partial charge is 0.387 e. The van der Waals surface area contributed by atoms with Gasteiger partial charge in [-0.15, -0.1) is 12.4 Å². The summed E-state index contributed by atoms with van der Waals surface area (Å²) >= 11 is 0. The normalized spacial score (nSPS) is 11.1. The summed E-state index contributed by atoms with van der Waals surface area (Å²) in [5.74, 6) is 0. The highest BCUT2D eigenvalue weighted by molar-refractivity contribution is 5.85. The highest BCUT2D eigenvalue weighted by Crippen LogP contribution is 2.11. The first kappa shape index (κ1) is 15.8. The highest BCUT2D eigenvalue weighted by atomic mass is 35.5. The lowest BCUT2D eigenvalue weighted by molar-refractivity contribution is 0.186. The molecule has 0 aliphatic heterocycles. The lowest BCUT2D eigenvalue weighted by Crippen LogP contribution is -2.11. The maximum absolute atomic E-state index is 9.34. The number of aliphatic hydroxyl groups is 1. The maximum atomic E-state index is 9.34. The first-order chi connectivity index (χ1) is 5.77. The zero-order valence-electron chi connectivity index (χ0n) is 7.31. The maximum Gasteiger partial charge on any atom is 0.0912 e. The van der Waals surface area contributed by atoms with Crippen molar-refractivity contribution in [2.75, 3.05) is 6.54 Å². The summed E-state index contributed by atoms with van der Waals surface area (Å²) in [4.78, 5) is 0. The average molecular weight is 219 g/mol. The van der Waals surface area contributed by atoms with Crippen molar-refractivity contribution in [2.45, 2.75) is 20.1 Å². The standard InChI is InChI=1S/C9H14N2O.CH4.ClH/c10-5-7-1-3-8(4-2-7)9(12)6-11;;/h1-4,9,12H,5-6,10-11H2;1H4;1H. The lowest BCUT2D eigenvalue weighted by Gasteiger charge is -2.07. The summed E-state index contributed by atoms with van der Waals surface area (Å²) in [6.45, 7) is 0.779. The molecule has 0 saturated heterocycles. The summed E-state index contributed by atoms with van der Waals surface area (Å²) in [7, 11) is 0. The van der Waals surface area contributed by atoms with Crippen molar-refractivity contribution in [3.8, 4) is 0 Å². The molecule has 1 rings (SSSR count).